The molecule has 0 saturated carbocycles. The van der Waals surface area contributed by atoms with Crippen LogP contribution in [0.2, 0.25) is 0 Å². The Morgan fingerprint density at radius 3 is 2.46 bits per heavy atom. The molecule has 2 aromatic rings. The summed E-state index contributed by atoms with van der Waals surface area (Å²) in [5.74, 6) is -0.0312. The molecule has 0 aromatic heterocycles. The molecular weight excluding hydrogens is 374 g/mol. The lowest BCUT2D eigenvalue weighted by Crippen LogP contribution is -2.51. The van der Waals surface area contributed by atoms with Crippen LogP contribution in [0.15, 0.2) is 59.5 Å². The maximum atomic E-state index is 13.4. The Balaban J connectivity index is 1.96. The van der Waals surface area contributed by atoms with E-state index < -0.39 is 15.1 Å². The fourth-order valence-electron chi connectivity index (χ4n) is 3.73. The predicted molar refractivity (Wildman–Crippen MR) is 110 cm³/mol. The first-order valence-electron chi connectivity index (χ1n) is 9.37. The van der Waals surface area contributed by atoms with Gasteiger partial charge in [0.15, 0.2) is 9.84 Å². The van der Waals surface area contributed by atoms with Gasteiger partial charge >= 0.3 is 6.03 Å². The van der Waals surface area contributed by atoms with Crippen molar-refractivity contribution >= 4 is 15.9 Å². The number of sulfone groups is 1. The minimum atomic E-state index is -3.60. The van der Waals surface area contributed by atoms with Crippen LogP contribution in [-0.4, -0.2) is 56.7 Å². The number of likely N-dealkylation sites (tertiary alicyclic amines) is 1. The van der Waals surface area contributed by atoms with E-state index in [1.54, 1.807) is 37.2 Å². The zero-order valence-electron chi connectivity index (χ0n) is 16.3. The van der Waals surface area contributed by atoms with Gasteiger partial charge in [0.25, 0.3) is 0 Å². The van der Waals surface area contributed by atoms with Crippen molar-refractivity contribution in [3.05, 3.63) is 65.7 Å². The normalized spacial score (nSPS) is 20.0. The molecule has 0 spiro atoms. The topological polar surface area (TPSA) is 83.7 Å². The van der Waals surface area contributed by atoms with Crippen molar-refractivity contribution in [2.75, 3.05) is 27.2 Å². The van der Waals surface area contributed by atoms with E-state index in [4.69, 9.17) is 5.73 Å². The highest BCUT2D eigenvalue weighted by Crippen LogP contribution is 2.33. The van der Waals surface area contributed by atoms with Crippen molar-refractivity contribution in [1.82, 2.24) is 9.80 Å². The molecule has 7 heteroatoms. The molecule has 0 radical (unpaired) electrons. The number of nitrogens with zero attached hydrogens (tertiary/aromatic N) is 2. The van der Waals surface area contributed by atoms with Crippen molar-refractivity contribution in [3.63, 3.8) is 0 Å². The summed E-state index contributed by atoms with van der Waals surface area (Å²) < 4.78 is 26.8. The molecule has 2 unspecified atom stereocenters. The van der Waals surface area contributed by atoms with Gasteiger partial charge in [0.05, 0.1) is 10.1 Å². The molecular formula is C21H27N3O3S. The second kappa shape index (κ2) is 8.32. The second-order valence-corrected chi connectivity index (χ2v) is 9.67. The van der Waals surface area contributed by atoms with Gasteiger partial charge in [-0.25, -0.2) is 13.2 Å². The molecule has 2 atom stereocenters. The van der Waals surface area contributed by atoms with Crippen LogP contribution in [0.3, 0.4) is 0 Å². The maximum absolute atomic E-state index is 13.4. The lowest BCUT2D eigenvalue weighted by molar-refractivity contribution is 0.155. The van der Waals surface area contributed by atoms with Gasteiger partial charge in [-0.3, -0.25) is 0 Å². The van der Waals surface area contributed by atoms with E-state index in [1.807, 2.05) is 36.4 Å². The van der Waals surface area contributed by atoms with Crippen LogP contribution in [0, 0.1) is 0 Å². The fraction of sp³-hybridized carbons (Fsp3) is 0.381. The van der Waals surface area contributed by atoms with Crippen molar-refractivity contribution < 1.29 is 13.2 Å². The summed E-state index contributed by atoms with van der Waals surface area (Å²) in [6.45, 7) is 0.983. The van der Waals surface area contributed by atoms with Gasteiger partial charge in [0.2, 0.25) is 0 Å². The Labute approximate surface area is 166 Å². The van der Waals surface area contributed by atoms with Crippen LogP contribution in [0.1, 0.15) is 23.5 Å². The van der Waals surface area contributed by atoms with E-state index in [1.165, 1.54) is 4.90 Å². The van der Waals surface area contributed by atoms with Crippen molar-refractivity contribution in [1.29, 1.82) is 0 Å². The summed E-state index contributed by atoms with van der Waals surface area (Å²) >= 11 is 0. The Bertz CT molecular complexity index is 929. The molecule has 1 saturated heterocycles. The summed E-state index contributed by atoms with van der Waals surface area (Å²) in [5.41, 5.74) is 7.51. The minimum absolute atomic E-state index is 0.0312. The average Bonchev–Trinajstić information content (AvgIpc) is 2.73. The Hall–Kier alpha value is -2.38. The highest BCUT2D eigenvalue weighted by molar-refractivity contribution is 7.92. The van der Waals surface area contributed by atoms with Crippen LogP contribution >= 0.6 is 0 Å². The van der Waals surface area contributed by atoms with E-state index in [9.17, 15) is 13.2 Å². The second-order valence-electron chi connectivity index (χ2n) is 7.44. The number of hydrogen-bond acceptors (Lipinski definition) is 4. The predicted octanol–water partition coefficient (Wildman–Crippen LogP) is 2.46. The first-order valence-corrected chi connectivity index (χ1v) is 10.9. The molecule has 1 aliphatic rings. The van der Waals surface area contributed by atoms with Gasteiger partial charge in [-0.05, 0) is 29.7 Å². The summed E-state index contributed by atoms with van der Waals surface area (Å²) in [5, 5.41) is -0.664. The summed E-state index contributed by atoms with van der Waals surface area (Å²) in [6, 6.07) is 16.4. The third kappa shape index (κ3) is 4.20. The first-order chi connectivity index (χ1) is 13.3. The van der Waals surface area contributed by atoms with Gasteiger partial charge in [-0.15, -0.1) is 0 Å². The van der Waals surface area contributed by atoms with Gasteiger partial charge < -0.3 is 15.5 Å². The maximum Gasteiger partial charge on any atom is 0.319 e. The van der Waals surface area contributed by atoms with E-state index in [2.05, 4.69) is 0 Å². The smallest absolute Gasteiger partial charge is 0.319 e. The number of amides is 2. The van der Waals surface area contributed by atoms with Crippen molar-refractivity contribution in [2.45, 2.75) is 29.0 Å². The molecule has 6 nitrogen and oxygen atoms in total. The third-order valence-electron chi connectivity index (χ3n) is 5.24. The van der Waals surface area contributed by atoms with Crippen molar-refractivity contribution in [3.8, 4) is 0 Å². The molecule has 0 bridgehead atoms. The lowest BCUT2D eigenvalue weighted by Gasteiger charge is -2.38. The lowest BCUT2D eigenvalue weighted by atomic mass is 9.90. The SMILES string of the molecule is CN(C)C(=O)N1CC(c2ccccc2)CC(S(=O)(=O)c2cccc(CN)c2)C1. The van der Waals surface area contributed by atoms with Gasteiger partial charge in [0.1, 0.15) is 0 Å². The molecule has 1 fully saturated rings. The number of piperidine rings is 1. The van der Waals surface area contributed by atoms with Crippen LogP contribution in [0.5, 0.6) is 0 Å². The quantitative estimate of drug-likeness (QED) is 0.853. The molecule has 2 N–H and O–H groups in total. The Morgan fingerprint density at radius 1 is 1.11 bits per heavy atom. The number of carbonyl (C=O) groups excluding carboxylic acids is 1. The summed E-state index contributed by atoms with van der Waals surface area (Å²) in [7, 11) is -0.229. The highest BCUT2D eigenvalue weighted by atomic mass is 32.2. The van der Waals surface area contributed by atoms with Gasteiger partial charge in [-0.1, -0.05) is 42.5 Å². The Kier molecular flexibility index (Phi) is 6.05. The number of nitrogens with two attached hydrogens (primary N) is 1. The molecule has 2 aromatic carbocycles. The van der Waals surface area contributed by atoms with Gasteiger partial charge in [0, 0.05) is 39.6 Å². The number of benzene rings is 2. The van der Waals surface area contributed by atoms with E-state index in [-0.39, 0.29) is 29.9 Å². The molecule has 150 valence electrons. The van der Waals surface area contributed by atoms with E-state index >= 15 is 0 Å². The summed E-state index contributed by atoms with van der Waals surface area (Å²) in [4.78, 5) is 16.0. The molecule has 1 aliphatic heterocycles. The minimum Gasteiger partial charge on any atom is -0.331 e. The summed E-state index contributed by atoms with van der Waals surface area (Å²) in [6.07, 6.45) is 0.483. The average molecular weight is 402 g/mol. The monoisotopic (exact) mass is 401 g/mol. The van der Waals surface area contributed by atoms with Crippen molar-refractivity contribution in [2.24, 2.45) is 5.73 Å². The molecule has 0 aliphatic carbocycles. The largest absolute Gasteiger partial charge is 0.331 e. The fourth-order valence-corrected chi connectivity index (χ4v) is 5.56. The third-order valence-corrected chi connectivity index (χ3v) is 7.37. The Morgan fingerprint density at radius 2 is 1.82 bits per heavy atom. The highest BCUT2D eigenvalue weighted by Gasteiger charge is 2.38. The van der Waals surface area contributed by atoms with Crippen LogP contribution in [0.25, 0.3) is 0 Å². The van der Waals surface area contributed by atoms with Crippen LogP contribution in [0.4, 0.5) is 4.79 Å². The van der Waals surface area contributed by atoms with Crippen LogP contribution < -0.4 is 5.73 Å². The molecule has 28 heavy (non-hydrogen) atoms. The van der Waals surface area contributed by atoms with Crippen LogP contribution in [-0.2, 0) is 16.4 Å². The first kappa shape index (κ1) is 20.4. The van der Waals surface area contributed by atoms with E-state index in [0.29, 0.717) is 13.0 Å². The number of hydrogen-bond donors (Lipinski definition) is 1. The molecule has 2 amide bonds. The zero-order chi connectivity index (χ0) is 20.3. The zero-order valence-corrected chi connectivity index (χ0v) is 17.1. The number of rotatable bonds is 4. The number of urea groups is 1. The standard InChI is InChI=1S/C21H27N3O3S/c1-23(2)21(25)24-14-18(17-8-4-3-5-9-17)12-20(15-24)28(26,27)19-10-6-7-16(11-19)13-22/h3-11,18,20H,12-15,22H2,1-2H3. The van der Waals surface area contributed by atoms with Gasteiger partial charge in [-0.2, -0.15) is 0 Å². The molecule has 3 rings (SSSR count). The molecule has 1 heterocycles. The van der Waals surface area contributed by atoms with E-state index in [0.717, 1.165) is 11.1 Å². The number of carbonyl (C=O) groups is 1.